The number of likely N-dealkylation sites (tertiary alicyclic amines) is 1. The van der Waals surface area contributed by atoms with Crippen LogP contribution in [0.25, 0.3) is 0 Å². The van der Waals surface area contributed by atoms with E-state index >= 15 is 0 Å². The molecule has 7 nitrogen and oxygen atoms in total. The van der Waals surface area contributed by atoms with Crippen molar-refractivity contribution in [3.05, 3.63) is 53.6 Å². The summed E-state index contributed by atoms with van der Waals surface area (Å²) in [4.78, 5) is 30.4. The molecule has 1 saturated carbocycles. The summed E-state index contributed by atoms with van der Waals surface area (Å²) >= 11 is 0. The van der Waals surface area contributed by atoms with E-state index in [0.29, 0.717) is 29.7 Å². The molecule has 2 aromatic carbocycles. The molecule has 2 aromatic rings. The standard InChI is InChI=1S/C26H31BN4O3/c1-30-12-9-17-3-6-21(13-18(17)15-26(30)10-11-26)28-24(32)23-14-22(34-2)16-31(23)25(33)29-20-7-4-19(27)5-8-20/h3-8,13,22-23H,9-12,14-16H2,1-2H3,(H,28,32)(H,29,33). The van der Waals surface area contributed by atoms with Crippen molar-refractivity contribution in [2.75, 3.05) is 37.9 Å². The number of carbonyl (C=O) groups excluding carboxylic acids is 2. The van der Waals surface area contributed by atoms with Crippen molar-refractivity contribution >= 4 is 36.6 Å². The summed E-state index contributed by atoms with van der Waals surface area (Å²) in [5.41, 5.74) is 5.00. The van der Waals surface area contributed by atoms with Gasteiger partial charge in [-0.15, -0.1) is 0 Å². The summed E-state index contributed by atoms with van der Waals surface area (Å²) < 4.78 is 5.49. The van der Waals surface area contributed by atoms with Crippen LogP contribution in [0.3, 0.4) is 0 Å². The number of anilines is 2. The molecule has 0 aromatic heterocycles. The van der Waals surface area contributed by atoms with Crippen molar-refractivity contribution < 1.29 is 14.3 Å². The van der Waals surface area contributed by atoms with Gasteiger partial charge in [0.1, 0.15) is 13.9 Å². The Labute approximate surface area is 202 Å². The molecular weight excluding hydrogens is 427 g/mol. The van der Waals surface area contributed by atoms with Crippen molar-refractivity contribution in [3.8, 4) is 0 Å². The summed E-state index contributed by atoms with van der Waals surface area (Å²) in [6, 6.07) is 12.2. The van der Waals surface area contributed by atoms with E-state index in [-0.39, 0.29) is 18.0 Å². The van der Waals surface area contributed by atoms with E-state index < -0.39 is 6.04 Å². The second-order valence-electron chi connectivity index (χ2n) is 9.86. The Bertz CT molecular complexity index is 1090. The molecule has 1 spiro atoms. The number of nitrogens with zero attached hydrogens (tertiary/aromatic N) is 2. The molecule has 176 valence electrons. The molecule has 2 atom stereocenters. The SMILES string of the molecule is [B]c1ccc(NC(=O)N2CC(OC)CC2C(=O)Nc2ccc3c(c2)CC2(CC2)N(C)CC3)cc1. The number of ether oxygens (including phenoxy) is 1. The van der Waals surface area contributed by atoms with Gasteiger partial charge in [-0.1, -0.05) is 23.7 Å². The van der Waals surface area contributed by atoms with E-state index in [2.05, 4.69) is 34.7 Å². The van der Waals surface area contributed by atoms with E-state index in [4.69, 9.17) is 12.6 Å². The maximum Gasteiger partial charge on any atom is 0.322 e. The van der Waals surface area contributed by atoms with Gasteiger partial charge in [0.15, 0.2) is 0 Å². The third kappa shape index (κ3) is 4.57. The summed E-state index contributed by atoms with van der Waals surface area (Å²) in [5, 5.41) is 5.93. The number of methoxy groups -OCH3 is 1. The molecule has 3 amide bonds. The minimum atomic E-state index is -0.613. The molecule has 5 rings (SSSR count). The number of urea groups is 1. The number of nitrogens with one attached hydrogen (secondary N) is 2. The molecule has 1 aliphatic carbocycles. The van der Waals surface area contributed by atoms with Crippen molar-refractivity contribution in [3.63, 3.8) is 0 Å². The van der Waals surface area contributed by atoms with Crippen LogP contribution < -0.4 is 16.1 Å². The highest BCUT2D eigenvalue weighted by Gasteiger charge is 2.47. The maximum absolute atomic E-state index is 13.3. The highest BCUT2D eigenvalue weighted by Crippen LogP contribution is 2.46. The Balaban J connectivity index is 1.30. The number of amides is 3. The number of fused-ring (bicyclic) bond motifs is 1. The van der Waals surface area contributed by atoms with Gasteiger partial charge in [-0.25, -0.2) is 4.79 Å². The van der Waals surface area contributed by atoms with Crippen molar-refractivity contribution in [1.29, 1.82) is 0 Å². The summed E-state index contributed by atoms with van der Waals surface area (Å²) in [6.45, 7) is 1.42. The van der Waals surface area contributed by atoms with E-state index in [9.17, 15) is 9.59 Å². The van der Waals surface area contributed by atoms with Gasteiger partial charge in [-0.3, -0.25) is 4.79 Å². The normalized spacial score (nSPS) is 23.3. The largest absolute Gasteiger partial charge is 0.380 e. The van der Waals surface area contributed by atoms with E-state index in [1.807, 2.05) is 6.07 Å². The third-order valence-corrected chi connectivity index (χ3v) is 7.67. The van der Waals surface area contributed by atoms with Gasteiger partial charge in [0.2, 0.25) is 5.91 Å². The summed E-state index contributed by atoms with van der Waals surface area (Å²) in [7, 11) is 9.56. The first kappa shape index (κ1) is 22.9. The lowest BCUT2D eigenvalue weighted by molar-refractivity contribution is -0.119. The van der Waals surface area contributed by atoms with Crippen molar-refractivity contribution in [2.24, 2.45) is 0 Å². The first-order chi connectivity index (χ1) is 16.4. The Kier molecular flexibility index (Phi) is 6.12. The maximum atomic E-state index is 13.3. The van der Waals surface area contributed by atoms with E-state index in [1.165, 1.54) is 24.0 Å². The van der Waals surface area contributed by atoms with Gasteiger partial charge in [0.05, 0.1) is 6.10 Å². The number of carbonyl (C=O) groups is 2. The van der Waals surface area contributed by atoms with Gasteiger partial charge in [0.25, 0.3) is 0 Å². The topological polar surface area (TPSA) is 73.9 Å². The fourth-order valence-electron chi connectivity index (χ4n) is 5.26. The fraction of sp³-hybridized carbons (Fsp3) is 0.462. The highest BCUT2D eigenvalue weighted by molar-refractivity contribution is 6.32. The zero-order valence-electron chi connectivity index (χ0n) is 19.8. The van der Waals surface area contributed by atoms with Gasteiger partial charge >= 0.3 is 6.03 Å². The zero-order valence-corrected chi connectivity index (χ0v) is 19.8. The second-order valence-corrected chi connectivity index (χ2v) is 9.86. The third-order valence-electron chi connectivity index (χ3n) is 7.67. The molecule has 8 heteroatoms. The molecule has 0 bridgehead atoms. The predicted molar refractivity (Wildman–Crippen MR) is 134 cm³/mol. The number of rotatable bonds is 4. The smallest absolute Gasteiger partial charge is 0.322 e. The van der Waals surface area contributed by atoms with Crippen LogP contribution in [0.4, 0.5) is 16.2 Å². The number of hydrogen-bond donors (Lipinski definition) is 2. The van der Waals surface area contributed by atoms with Gasteiger partial charge in [-0.05, 0) is 68.1 Å². The van der Waals surface area contributed by atoms with Crippen LogP contribution in [0.5, 0.6) is 0 Å². The van der Waals surface area contributed by atoms with Crippen LogP contribution in [0.2, 0.25) is 0 Å². The van der Waals surface area contributed by atoms with Crippen LogP contribution in [-0.4, -0.2) is 74.5 Å². The van der Waals surface area contributed by atoms with E-state index in [0.717, 1.165) is 25.1 Å². The van der Waals surface area contributed by atoms with Crippen molar-refractivity contribution in [1.82, 2.24) is 9.80 Å². The first-order valence-electron chi connectivity index (χ1n) is 12.0. The lowest BCUT2D eigenvalue weighted by Crippen LogP contribution is -2.45. The summed E-state index contributed by atoms with van der Waals surface area (Å²) in [6.07, 6.45) is 4.78. The molecular formula is C26H31BN4O3. The summed E-state index contributed by atoms with van der Waals surface area (Å²) in [5.74, 6) is -0.196. The van der Waals surface area contributed by atoms with Gasteiger partial charge < -0.3 is 25.2 Å². The lowest BCUT2D eigenvalue weighted by atomic mass is 9.96. The van der Waals surface area contributed by atoms with Gasteiger partial charge in [0, 0.05) is 43.5 Å². The fourth-order valence-corrected chi connectivity index (χ4v) is 5.26. The average Bonchev–Trinajstić information content (AvgIpc) is 3.50. The van der Waals surface area contributed by atoms with Crippen LogP contribution in [0, 0.1) is 0 Å². The minimum Gasteiger partial charge on any atom is -0.380 e. The van der Waals surface area contributed by atoms with E-state index in [1.54, 1.807) is 36.3 Å². The Hall–Kier alpha value is -2.84. The molecule has 3 aliphatic rings. The van der Waals surface area contributed by atoms with Gasteiger partial charge in [-0.2, -0.15) is 0 Å². The van der Waals surface area contributed by atoms with Crippen LogP contribution in [0.1, 0.15) is 30.4 Å². The molecule has 34 heavy (non-hydrogen) atoms. The Morgan fingerprint density at radius 2 is 1.79 bits per heavy atom. The molecule has 2 heterocycles. The lowest BCUT2D eigenvalue weighted by Gasteiger charge is -2.25. The number of likely N-dealkylation sites (N-methyl/N-ethyl adjacent to an activating group) is 1. The monoisotopic (exact) mass is 458 g/mol. The minimum absolute atomic E-state index is 0.190. The molecule has 2 fully saturated rings. The van der Waals surface area contributed by atoms with Crippen LogP contribution >= 0.6 is 0 Å². The molecule has 2 radical (unpaired) electrons. The predicted octanol–water partition coefficient (Wildman–Crippen LogP) is 2.30. The Morgan fingerprint density at radius 3 is 2.50 bits per heavy atom. The molecule has 2 N–H and O–H groups in total. The van der Waals surface area contributed by atoms with Crippen molar-refractivity contribution in [2.45, 2.75) is 49.8 Å². The highest BCUT2D eigenvalue weighted by atomic mass is 16.5. The first-order valence-corrected chi connectivity index (χ1v) is 12.0. The average molecular weight is 458 g/mol. The Morgan fingerprint density at radius 1 is 1.06 bits per heavy atom. The zero-order chi connectivity index (χ0) is 23.9. The molecule has 2 aliphatic heterocycles. The van der Waals surface area contributed by atoms with Crippen LogP contribution in [0.15, 0.2) is 42.5 Å². The van der Waals surface area contributed by atoms with Crippen LogP contribution in [-0.2, 0) is 22.4 Å². The molecule has 1 saturated heterocycles. The quantitative estimate of drug-likeness (QED) is 0.690. The number of benzene rings is 2. The number of hydrogen-bond acceptors (Lipinski definition) is 4. The second kappa shape index (κ2) is 9.08. The molecule has 2 unspecified atom stereocenters.